The zero-order valence-corrected chi connectivity index (χ0v) is 12.4. The number of rotatable bonds is 2. The molecular weight excluding hydrogens is 328 g/mol. The van der Waals surface area contributed by atoms with Crippen molar-refractivity contribution in [2.45, 2.75) is 4.83 Å². The molecule has 0 spiro atoms. The minimum absolute atomic E-state index is 0.0389. The predicted octanol–water partition coefficient (Wildman–Crippen LogP) is 4.60. The topological polar surface area (TPSA) is 18.5 Å². The van der Waals surface area contributed by atoms with Crippen LogP contribution in [0, 0.1) is 0 Å². The summed E-state index contributed by atoms with van der Waals surface area (Å²) in [5.41, 5.74) is 2.14. The molecule has 1 unspecified atom stereocenters. The van der Waals surface area contributed by atoms with Gasteiger partial charge < -0.3 is 9.47 Å². The molecule has 2 aromatic rings. The summed E-state index contributed by atoms with van der Waals surface area (Å²) in [4.78, 5) is 0.0389. The highest BCUT2D eigenvalue weighted by Gasteiger charge is 2.20. The Balaban J connectivity index is 2.01. The lowest BCUT2D eigenvalue weighted by Gasteiger charge is -2.21. The fourth-order valence-corrected chi connectivity index (χ4v) is 3.15. The summed E-state index contributed by atoms with van der Waals surface area (Å²) in [6.07, 6.45) is 0. The average Bonchev–Trinajstić information content (AvgIpc) is 2.47. The van der Waals surface area contributed by atoms with E-state index >= 15 is 0 Å². The van der Waals surface area contributed by atoms with Crippen molar-refractivity contribution in [3.63, 3.8) is 0 Å². The molecule has 3 rings (SSSR count). The van der Waals surface area contributed by atoms with Crippen LogP contribution in [0.1, 0.15) is 16.0 Å². The summed E-state index contributed by atoms with van der Waals surface area (Å²) in [6, 6.07) is 13.9. The molecule has 0 aromatic heterocycles. The third-order valence-electron chi connectivity index (χ3n) is 3.03. The lowest BCUT2D eigenvalue weighted by molar-refractivity contribution is 0.171. The standard InChI is InChI=1S/C15H12BrClO2/c16-15(10-4-2-1-3-5-10)11-8-13-14(9-12(11)17)19-7-6-18-13/h1-5,8-9,15H,6-7H2. The predicted molar refractivity (Wildman–Crippen MR) is 79.7 cm³/mol. The van der Waals surface area contributed by atoms with Crippen molar-refractivity contribution in [2.75, 3.05) is 13.2 Å². The minimum atomic E-state index is 0.0389. The molecule has 1 aliphatic rings. The molecule has 0 saturated carbocycles. The quantitative estimate of drug-likeness (QED) is 0.745. The average molecular weight is 340 g/mol. The zero-order chi connectivity index (χ0) is 13.2. The molecule has 0 aliphatic carbocycles. The summed E-state index contributed by atoms with van der Waals surface area (Å²) in [7, 11) is 0. The Kier molecular flexibility index (Phi) is 3.67. The summed E-state index contributed by atoms with van der Waals surface area (Å²) in [5, 5.41) is 0.676. The Morgan fingerprint density at radius 1 is 1.00 bits per heavy atom. The van der Waals surface area contributed by atoms with Crippen LogP contribution in [0.5, 0.6) is 11.5 Å². The van der Waals surface area contributed by atoms with Crippen molar-refractivity contribution < 1.29 is 9.47 Å². The largest absolute Gasteiger partial charge is 0.486 e. The molecule has 0 N–H and O–H groups in total. The van der Waals surface area contributed by atoms with E-state index < -0.39 is 0 Å². The fraction of sp³-hybridized carbons (Fsp3) is 0.200. The number of halogens is 2. The first-order valence-electron chi connectivity index (χ1n) is 6.04. The van der Waals surface area contributed by atoms with Gasteiger partial charge in [0, 0.05) is 11.1 Å². The van der Waals surface area contributed by atoms with Crippen molar-refractivity contribution in [2.24, 2.45) is 0 Å². The van der Waals surface area contributed by atoms with Gasteiger partial charge in [-0.05, 0) is 17.2 Å². The van der Waals surface area contributed by atoms with Crippen molar-refractivity contribution in [3.8, 4) is 11.5 Å². The van der Waals surface area contributed by atoms with Crippen molar-refractivity contribution in [1.82, 2.24) is 0 Å². The fourth-order valence-electron chi connectivity index (χ4n) is 2.08. The normalized spacial score (nSPS) is 15.1. The Hall–Kier alpha value is -1.19. The highest BCUT2D eigenvalue weighted by atomic mass is 79.9. The third-order valence-corrected chi connectivity index (χ3v) is 4.38. The van der Waals surface area contributed by atoms with E-state index in [1.165, 1.54) is 0 Å². The second-order valence-electron chi connectivity index (χ2n) is 4.29. The third kappa shape index (κ3) is 2.58. The first kappa shape index (κ1) is 12.8. The molecule has 98 valence electrons. The Morgan fingerprint density at radius 3 is 2.32 bits per heavy atom. The van der Waals surface area contributed by atoms with Crippen molar-refractivity contribution >= 4 is 27.5 Å². The highest BCUT2D eigenvalue weighted by Crippen LogP contribution is 2.42. The molecule has 0 bridgehead atoms. The summed E-state index contributed by atoms with van der Waals surface area (Å²) >= 11 is 10.0. The van der Waals surface area contributed by atoms with Crippen LogP contribution in [0.2, 0.25) is 5.02 Å². The molecule has 0 amide bonds. The molecule has 4 heteroatoms. The van der Waals surface area contributed by atoms with Crippen LogP contribution >= 0.6 is 27.5 Å². The highest BCUT2D eigenvalue weighted by molar-refractivity contribution is 9.09. The van der Waals surface area contributed by atoms with Gasteiger partial charge in [-0.25, -0.2) is 0 Å². The van der Waals surface area contributed by atoms with Gasteiger partial charge in [0.05, 0.1) is 4.83 Å². The van der Waals surface area contributed by atoms with Gasteiger partial charge >= 0.3 is 0 Å². The molecule has 19 heavy (non-hydrogen) atoms. The van der Waals surface area contributed by atoms with Crippen LogP contribution in [0.25, 0.3) is 0 Å². The van der Waals surface area contributed by atoms with Crippen LogP contribution in [0.15, 0.2) is 42.5 Å². The van der Waals surface area contributed by atoms with E-state index in [1.54, 1.807) is 0 Å². The maximum Gasteiger partial charge on any atom is 0.162 e. The molecule has 0 fully saturated rings. The molecule has 1 aliphatic heterocycles. The van der Waals surface area contributed by atoms with E-state index in [1.807, 2.05) is 30.3 Å². The molecule has 2 aromatic carbocycles. The van der Waals surface area contributed by atoms with E-state index in [0.29, 0.717) is 24.0 Å². The second-order valence-corrected chi connectivity index (χ2v) is 5.61. The summed E-state index contributed by atoms with van der Waals surface area (Å²) < 4.78 is 11.1. The number of alkyl halides is 1. The van der Waals surface area contributed by atoms with Gasteiger partial charge in [-0.15, -0.1) is 0 Å². The van der Waals surface area contributed by atoms with Gasteiger partial charge in [0.25, 0.3) is 0 Å². The Labute approximate surface area is 125 Å². The number of hydrogen-bond donors (Lipinski definition) is 0. The van der Waals surface area contributed by atoms with Gasteiger partial charge in [-0.2, -0.15) is 0 Å². The number of ether oxygens (including phenoxy) is 2. The SMILES string of the molecule is Clc1cc2c(cc1C(Br)c1ccccc1)OCCO2. The van der Waals surface area contributed by atoms with Gasteiger partial charge in [-0.3, -0.25) is 0 Å². The maximum absolute atomic E-state index is 6.34. The first-order valence-corrected chi connectivity index (χ1v) is 7.33. The molecule has 1 heterocycles. The Bertz CT molecular complexity index is 586. The Morgan fingerprint density at radius 2 is 1.63 bits per heavy atom. The number of benzene rings is 2. The molecule has 2 nitrogen and oxygen atoms in total. The summed E-state index contributed by atoms with van der Waals surface area (Å²) in [5.74, 6) is 1.47. The zero-order valence-electron chi connectivity index (χ0n) is 10.1. The van der Waals surface area contributed by atoms with Gasteiger partial charge in [0.1, 0.15) is 13.2 Å². The van der Waals surface area contributed by atoms with E-state index in [9.17, 15) is 0 Å². The van der Waals surface area contributed by atoms with E-state index in [-0.39, 0.29) is 4.83 Å². The first-order chi connectivity index (χ1) is 9.25. The monoisotopic (exact) mass is 338 g/mol. The van der Waals surface area contributed by atoms with Crippen LogP contribution in [0.3, 0.4) is 0 Å². The lowest BCUT2D eigenvalue weighted by atomic mass is 10.0. The van der Waals surface area contributed by atoms with Crippen LogP contribution in [-0.2, 0) is 0 Å². The molecule has 0 radical (unpaired) electrons. The summed E-state index contributed by atoms with van der Waals surface area (Å²) in [6.45, 7) is 1.14. The molecule has 0 saturated heterocycles. The van der Waals surface area contributed by atoms with Crippen LogP contribution < -0.4 is 9.47 Å². The minimum Gasteiger partial charge on any atom is -0.486 e. The van der Waals surface area contributed by atoms with Gasteiger partial charge in [0.15, 0.2) is 11.5 Å². The molecular formula is C15H12BrClO2. The van der Waals surface area contributed by atoms with Crippen LogP contribution in [-0.4, -0.2) is 13.2 Å². The van der Waals surface area contributed by atoms with E-state index in [0.717, 1.165) is 16.9 Å². The van der Waals surface area contributed by atoms with E-state index in [4.69, 9.17) is 21.1 Å². The lowest BCUT2D eigenvalue weighted by Crippen LogP contribution is -2.15. The molecule has 1 atom stereocenters. The smallest absolute Gasteiger partial charge is 0.162 e. The van der Waals surface area contributed by atoms with Crippen molar-refractivity contribution in [1.29, 1.82) is 0 Å². The second kappa shape index (κ2) is 5.43. The maximum atomic E-state index is 6.34. The van der Waals surface area contributed by atoms with Crippen molar-refractivity contribution in [3.05, 3.63) is 58.6 Å². The van der Waals surface area contributed by atoms with Gasteiger partial charge in [0.2, 0.25) is 0 Å². The van der Waals surface area contributed by atoms with Gasteiger partial charge in [-0.1, -0.05) is 57.9 Å². The van der Waals surface area contributed by atoms with E-state index in [2.05, 4.69) is 28.1 Å². The van der Waals surface area contributed by atoms with Crippen LogP contribution in [0.4, 0.5) is 0 Å². The number of hydrogen-bond acceptors (Lipinski definition) is 2. The number of fused-ring (bicyclic) bond motifs is 1.